The van der Waals surface area contributed by atoms with E-state index in [1.165, 1.54) is 30.0 Å². The largest absolute Gasteiger partial charge is 0.334 e. The molecule has 0 spiro atoms. The summed E-state index contributed by atoms with van der Waals surface area (Å²) < 4.78 is 15.3. The van der Waals surface area contributed by atoms with Gasteiger partial charge in [-0.2, -0.15) is 0 Å². The van der Waals surface area contributed by atoms with Crippen LogP contribution in [0.5, 0.6) is 0 Å². The van der Waals surface area contributed by atoms with Crippen molar-refractivity contribution in [2.24, 2.45) is 0 Å². The number of thioether (sulfide) groups is 1. The number of hydrogen-bond donors (Lipinski definition) is 1. The molecule has 3 aromatic rings. The van der Waals surface area contributed by atoms with E-state index >= 15 is 0 Å². The first kappa shape index (κ1) is 15.1. The Hall–Kier alpha value is -1.86. The second kappa shape index (κ2) is 6.10. The van der Waals surface area contributed by atoms with Crippen LogP contribution in [0, 0.1) is 5.82 Å². The van der Waals surface area contributed by atoms with E-state index in [0.717, 1.165) is 14.7 Å². The van der Waals surface area contributed by atoms with E-state index in [9.17, 15) is 9.18 Å². The summed E-state index contributed by atoms with van der Waals surface area (Å²) in [6.07, 6.45) is 0. The first-order chi connectivity index (χ1) is 10.5. The minimum Gasteiger partial charge on any atom is -0.334 e. The van der Waals surface area contributed by atoms with Gasteiger partial charge in [0.05, 0.1) is 10.9 Å². The third-order valence-corrected chi connectivity index (χ3v) is 4.66. The van der Waals surface area contributed by atoms with Crippen LogP contribution in [0.1, 0.15) is 5.56 Å². The molecule has 0 aliphatic carbocycles. The number of nitrogens with zero attached hydrogens (tertiary/aromatic N) is 2. The third-order valence-electron chi connectivity index (χ3n) is 3.11. The number of nitrogen functional groups attached to an aromatic ring is 1. The van der Waals surface area contributed by atoms with E-state index in [0.29, 0.717) is 21.8 Å². The van der Waals surface area contributed by atoms with Crippen molar-refractivity contribution in [3.05, 3.63) is 68.7 Å². The number of halogens is 2. The maximum absolute atomic E-state index is 13.3. The summed E-state index contributed by atoms with van der Waals surface area (Å²) in [5.41, 5.74) is 0.995. The lowest BCUT2D eigenvalue weighted by molar-refractivity contribution is 0.628. The summed E-state index contributed by atoms with van der Waals surface area (Å²) >= 11 is 4.71. The highest BCUT2D eigenvalue weighted by Crippen LogP contribution is 2.22. The molecule has 0 radical (unpaired) electrons. The van der Waals surface area contributed by atoms with Gasteiger partial charge in [-0.15, -0.1) is 0 Å². The fourth-order valence-corrected chi connectivity index (χ4v) is 3.12. The van der Waals surface area contributed by atoms with Gasteiger partial charge in [0.1, 0.15) is 5.82 Å². The fourth-order valence-electron chi connectivity index (χ4n) is 1.98. The first-order valence-corrected chi connectivity index (χ1v) is 8.17. The van der Waals surface area contributed by atoms with Gasteiger partial charge in [0.25, 0.3) is 5.56 Å². The fraction of sp³-hybridized carbons (Fsp3) is 0.0667. The minimum atomic E-state index is -0.432. The number of hydrogen-bond acceptors (Lipinski definition) is 4. The van der Waals surface area contributed by atoms with Gasteiger partial charge in [-0.3, -0.25) is 4.79 Å². The number of benzene rings is 2. The van der Waals surface area contributed by atoms with Gasteiger partial charge in [0.2, 0.25) is 0 Å². The summed E-state index contributed by atoms with van der Waals surface area (Å²) in [5, 5.41) is 0.655. The van der Waals surface area contributed by atoms with Crippen LogP contribution in [0.15, 0.2) is 56.9 Å². The van der Waals surface area contributed by atoms with Gasteiger partial charge in [0, 0.05) is 16.3 Å². The summed E-state index contributed by atoms with van der Waals surface area (Å²) in [6.45, 7) is 0. The Labute approximate surface area is 138 Å². The number of fused-ring (bicyclic) bond motifs is 1. The molecule has 3 rings (SSSR count). The van der Waals surface area contributed by atoms with Crippen molar-refractivity contribution in [3.63, 3.8) is 0 Å². The molecule has 4 nitrogen and oxygen atoms in total. The first-order valence-electron chi connectivity index (χ1n) is 6.39. The van der Waals surface area contributed by atoms with E-state index in [1.807, 2.05) is 24.3 Å². The lowest BCUT2D eigenvalue weighted by Gasteiger charge is -2.08. The normalized spacial score (nSPS) is 11.0. The molecule has 112 valence electrons. The van der Waals surface area contributed by atoms with Crippen molar-refractivity contribution < 1.29 is 4.39 Å². The molecule has 0 saturated carbocycles. The molecule has 0 aliphatic heterocycles. The van der Waals surface area contributed by atoms with Crippen LogP contribution in [0.2, 0.25) is 0 Å². The predicted molar refractivity (Wildman–Crippen MR) is 89.8 cm³/mol. The molecular weight excluding hydrogens is 369 g/mol. The standard InChI is InChI=1S/C15H11BrFN3OS/c16-10-3-1-9(2-4-10)8-22-15-19-13-7-11(17)5-6-12(13)14(21)20(15)18/h1-7H,8,18H2. The zero-order valence-corrected chi connectivity index (χ0v) is 13.7. The van der Waals surface area contributed by atoms with E-state index < -0.39 is 5.82 Å². The molecule has 0 amide bonds. The van der Waals surface area contributed by atoms with Crippen molar-refractivity contribution >= 4 is 38.6 Å². The molecule has 2 aromatic carbocycles. The lowest BCUT2D eigenvalue weighted by Crippen LogP contribution is -2.29. The third kappa shape index (κ3) is 3.00. The quantitative estimate of drug-likeness (QED) is 0.430. The Bertz CT molecular complexity index is 896. The maximum atomic E-state index is 13.3. The monoisotopic (exact) mass is 379 g/mol. The topological polar surface area (TPSA) is 60.9 Å². The van der Waals surface area contributed by atoms with Crippen LogP contribution < -0.4 is 11.4 Å². The van der Waals surface area contributed by atoms with E-state index in [2.05, 4.69) is 20.9 Å². The van der Waals surface area contributed by atoms with Crippen molar-refractivity contribution in [2.45, 2.75) is 10.9 Å². The van der Waals surface area contributed by atoms with Gasteiger partial charge in [-0.05, 0) is 29.8 Å². The molecule has 0 aliphatic rings. The highest BCUT2D eigenvalue weighted by molar-refractivity contribution is 9.10. The van der Waals surface area contributed by atoms with Crippen molar-refractivity contribution in [1.82, 2.24) is 9.66 Å². The summed E-state index contributed by atoms with van der Waals surface area (Å²) in [4.78, 5) is 16.5. The Kier molecular flexibility index (Phi) is 4.17. The minimum absolute atomic E-state index is 0.303. The molecule has 7 heteroatoms. The number of nitrogens with two attached hydrogens (primary N) is 1. The highest BCUT2D eigenvalue weighted by atomic mass is 79.9. The molecular formula is C15H11BrFN3OS. The highest BCUT2D eigenvalue weighted by Gasteiger charge is 2.10. The maximum Gasteiger partial charge on any atom is 0.280 e. The van der Waals surface area contributed by atoms with Gasteiger partial charge in [-0.1, -0.05) is 39.8 Å². The molecule has 0 atom stereocenters. The van der Waals surface area contributed by atoms with Crippen LogP contribution in [0.25, 0.3) is 10.9 Å². The smallest absolute Gasteiger partial charge is 0.280 e. The average Bonchev–Trinajstić information content (AvgIpc) is 2.51. The second-order valence-corrected chi connectivity index (χ2v) is 6.50. The summed E-state index contributed by atoms with van der Waals surface area (Å²) in [7, 11) is 0. The second-order valence-electron chi connectivity index (χ2n) is 4.65. The predicted octanol–water partition coefficient (Wildman–Crippen LogP) is 3.30. The summed E-state index contributed by atoms with van der Waals surface area (Å²) in [5.74, 6) is 5.97. The zero-order valence-electron chi connectivity index (χ0n) is 11.3. The van der Waals surface area contributed by atoms with Gasteiger partial charge in [0.15, 0.2) is 5.16 Å². The molecule has 2 N–H and O–H groups in total. The van der Waals surface area contributed by atoms with Crippen molar-refractivity contribution in [1.29, 1.82) is 0 Å². The van der Waals surface area contributed by atoms with E-state index in [4.69, 9.17) is 5.84 Å². The van der Waals surface area contributed by atoms with Crippen LogP contribution in [0.4, 0.5) is 4.39 Å². The SMILES string of the molecule is Nn1c(SCc2ccc(Br)cc2)nc2cc(F)ccc2c1=O. The molecule has 1 heterocycles. The van der Waals surface area contributed by atoms with Crippen LogP contribution in [0.3, 0.4) is 0 Å². The molecule has 0 fully saturated rings. The molecule has 1 aromatic heterocycles. The zero-order chi connectivity index (χ0) is 15.7. The van der Waals surface area contributed by atoms with E-state index in [-0.39, 0.29) is 5.56 Å². The van der Waals surface area contributed by atoms with Crippen LogP contribution in [-0.4, -0.2) is 9.66 Å². The van der Waals surface area contributed by atoms with Crippen LogP contribution in [-0.2, 0) is 5.75 Å². The summed E-state index contributed by atoms with van der Waals surface area (Å²) in [6, 6.07) is 11.7. The van der Waals surface area contributed by atoms with Crippen molar-refractivity contribution in [2.75, 3.05) is 5.84 Å². The van der Waals surface area contributed by atoms with E-state index in [1.54, 1.807) is 0 Å². The Balaban J connectivity index is 1.94. The van der Waals surface area contributed by atoms with Crippen molar-refractivity contribution in [3.8, 4) is 0 Å². The molecule has 0 saturated heterocycles. The number of aromatic nitrogens is 2. The molecule has 22 heavy (non-hydrogen) atoms. The van der Waals surface area contributed by atoms with Gasteiger partial charge >= 0.3 is 0 Å². The molecule has 0 bridgehead atoms. The Morgan fingerprint density at radius 2 is 1.95 bits per heavy atom. The van der Waals surface area contributed by atoms with Crippen LogP contribution >= 0.6 is 27.7 Å². The van der Waals surface area contributed by atoms with Gasteiger partial charge < -0.3 is 5.84 Å². The number of rotatable bonds is 3. The van der Waals surface area contributed by atoms with Gasteiger partial charge in [-0.25, -0.2) is 14.1 Å². The Morgan fingerprint density at radius 1 is 1.23 bits per heavy atom. The lowest BCUT2D eigenvalue weighted by atomic mass is 10.2. The Morgan fingerprint density at radius 3 is 2.68 bits per heavy atom. The average molecular weight is 380 g/mol. The molecule has 0 unspecified atom stereocenters.